The molecule has 11 heteroatoms. The van der Waals surface area contributed by atoms with Gasteiger partial charge in [-0.25, -0.2) is 8.42 Å². The van der Waals surface area contributed by atoms with Crippen LogP contribution in [0.15, 0.2) is 70.0 Å². The number of hydrogen-bond donors (Lipinski definition) is 2. The minimum absolute atomic E-state index is 0.0120. The molecule has 1 atom stereocenters. The van der Waals surface area contributed by atoms with Crippen molar-refractivity contribution in [1.82, 2.24) is 4.72 Å². The maximum atomic E-state index is 13.1. The number of Topliss-reactive ketones (excluding diaryl/α,β-unsaturated/α-hetero) is 1. The zero-order valence-corrected chi connectivity index (χ0v) is 24.9. The summed E-state index contributed by atoms with van der Waals surface area (Å²) in [7, 11) is -1.29. The van der Waals surface area contributed by atoms with Crippen molar-refractivity contribution in [3.63, 3.8) is 0 Å². The topological polar surface area (TPSA) is 141 Å². The first-order valence-corrected chi connectivity index (χ1v) is 14.6. The minimum Gasteiger partial charge on any atom is -0.495 e. The number of rotatable bonds is 10. The van der Waals surface area contributed by atoms with Crippen LogP contribution in [0.2, 0.25) is 0 Å². The summed E-state index contributed by atoms with van der Waals surface area (Å²) in [5.74, 6) is -1.12. The van der Waals surface area contributed by atoms with Gasteiger partial charge >= 0.3 is 5.97 Å². The van der Waals surface area contributed by atoms with E-state index < -0.39 is 27.9 Å². The number of aryl methyl sites for hydroxylation is 1. The molecule has 3 aromatic carbocycles. The SMILES string of the molecule is COC(=O)[C@@H](NS(=O)(=O)c1ccc(-c2ccc(NC(=O)c3oc4ccc(C(C)=O)c(OC)c4c3C)cc2)cc1)C(C)C. The predicted molar refractivity (Wildman–Crippen MR) is 158 cm³/mol. The molecule has 0 saturated heterocycles. The standard InChI is InChI=1S/C31H32N2O8S/c1-17(2)27(31(36)40-6)33-42(37,38)23-13-9-21(10-14-23)20-7-11-22(12-8-20)32-30(35)28-18(3)26-25(41-28)16-15-24(19(4)34)29(26)39-5/h7-17,27,33H,1-6H3,(H,32,35)/t27-/m0/s1. The summed E-state index contributed by atoms with van der Waals surface area (Å²) in [6.45, 7) is 6.62. The molecule has 1 heterocycles. The monoisotopic (exact) mass is 592 g/mol. The van der Waals surface area contributed by atoms with Crippen molar-refractivity contribution in [3.8, 4) is 16.9 Å². The zero-order valence-electron chi connectivity index (χ0n) is 24.1. The molecular weight excluding hydrogens is 560 g/mol. The van der Waals surface area contributed by atoms with Crippen molar-refractivity contribution in [2.75, 3.05) is 19.5 Å². The predicted octanol–water partition coefficient (Wildman–Crippen LogP) is 5.35. The fraction of sp³-hybridized carbons (Fsp3) is 0.258. The fourth-order valence-electron chi connectivity index (χ4n) is 4.59. The Morgan fingerprint density at radius 1 is 0.881 bits per heavy atom. The van der Waals surface area contributed by atoms with Crippen LogP contribution in [0, 0.1) is 12.8 Å². The van der Waals surface area contributed by atoms with Gasteiger partial charge in [0.15, 0.2) is 11.5 Å². The molecule has 10 nitrogen and oxygen atoms in total. The van der Waals surface area contributed by atoms with Crippen LogP contribution in [0.5, 0.6) is 5.75 Å². The number of hydrogen-bond acceptors (Lipinski definition) is 8. The molecule has 0 radical (unpaired) electrons. The average molecular weight is 593 g/mol. The van der Waals surface area contributed by atoms with Gasteiger partial charge in [0.2, 0.25) is 10.0 Å². The summed E-state index contributed by atoms with van der Waals surface area (Å²) < 4.78 is 44.1. The second kappa shape index (κ2) is 12.2. The molecule has 0 aliphatic heterocycles. The van der Waals surface area contributed by atoms with Crippen LogP contribution in [0.25, 0.3) is 22.1 Å². The van der Waals surface area contributed by atoms with Crippen molar-refractivity contribution >= 4 is 44.3 Å². The quantitative estimate of drug-likeness (QED) is 0.186. The van der Waals surface area contributed by atoms with E-state index in [0.29, 0.717) is 33.5 Å². The Morgan fingerprint density at radius 3 is 2.00 bits per heavy atom. The van der Waals surface area contributed by atoms with Crippen molar-refractivity contribution in [2.24, 2.45) is 5.92 Å². The van der Waals surface area contributed by atoms with Gasteiger partial charge in [-0.1, -0.05) is 38.1 Å². The molecule has 0 bridgehead atoms. The number of ketones is 1. The smallest absolute Gasteiger partial charge is 0.324 e. The number of fused-ring (bicyclic) bond motifs is 1. The molecule has 0 spiro atoms. The number of amides is 1. The lowest BCUT2D eigenvalue weighted by molar-refractivity contribution is -0.143. The molecule has 0 saturated carbocycles. The fourth-order valence-corrected chi connectivity index (χ4v) is 5.92. The van der Waals surface area contributed by atoms with E-state index in [1.165, 1.54) is 33.3 Å². The Hall–Kier alpha value is -4.48. The van der Waals surface area contributed by atoms with Crippen LogP contribution in [-0.2, 0) is 19.6 Å². The van der Waals surface area contributed by atoms with Crippen molar-refractivity contribution in [2.45, 2.75) is 38.6 Å². The highest BCUT2D eigenvalue weighted by Crippen LogP contribution is 2.36. The van der Waals surface area contributed by atoms with Crippen molar-refractivity contribution in [3.05, 3.63) is 77.6 Å². The lowest BCUT2D eigenvalue weighted by Crippen LogP contribution is -2.44. The van der Waals surface area contributed by atoms with E-state index in [0.717, 1.165) is 11.1 Å². The summed E-state index contributed by atoms with van der Waals surface area (Å²) in [5.41, 5.74) is 3.45. The highest BCUT2D eigenvalue weighted by molar-refractivity contribution is 7.89. The number of anilines is 1. The zero-order chi connectivity index (χ0) is 30.8. The second-order valence-electron chi connectivity index (χ2n) is 10.1. The van der Waals surface area contributed by atoms with Gasteiger partial charge in [0.25, 0.3) is 5.91 Å². The minimum atomic E-state index is -3.96. The number of esters is 1. The molecule has 1 amide bonds. The molecular formula is C31H32N2O8S. The first kappa shape index (κ1) is 30.5. The Balaban J connectivity index is 1.50. The molecule has 220 valence electrons. The molecule has 0 unspecified atom stereocenters. The van der Waals surface area contributed by atoms with E-state index >= 15 is 0 Å². The Morgan fingerprint density at radius 2 is 1.48 bits per heavy atom. The van der Waals surface area contributed by atoms with E-state index in [4.69, 9.17) is 13.9 Å². The normalized spacial score (nSPS) is 12.3. The summed E-state index contributed by atoms with van der Waals surface area (Å²) in [4.78, 5) is 37.1. The number of sulfonamides is 1. The molecule has 4 rings (SSSR count). The molecule has 2 N–H and O–H groups in total. The summed E-state index contributed by atoms with van der Waals surface area (Å²) in [6.07, 6.45) is 0. The van der Waals surface area contributed by atoms with Gasteiger partial charge in [0.05, 0.1) is 30.1 Å². The molecule has 4 aromatic rings. The van der Waals surface area contributed by atoms with Crippen LogP contribution in [0.1, 0.15) is 47.2 Å². The van der Waals surface area contributed by atoms with Crippen molar-refractivity contribution in [1.29, 1.82) is 0 Å². The number of methoxy groups -OCH3 is 2. The Kier molecular flexibility index (Phi) is 8.83. The molecule has 42 heavy (non-hydrogen) atoms. The highest BCUT2D eigenvalue weighted by Gasteiger charge is 2.29. The van der Waals surface area contributed by atoms with Gasteiger partial charge in [-0.05, 0) is 67.3 Å². The third kappa shape index (κ3) is 6.07. The largest absolute Gasteiger partial charge is 0.495 e. The van der Waals surface area contributed by atoms with Gasteiger partial charge in [0, 0.05) is 11.3 Å². The van der Waals surface area contributed by atoms with E-state index in [1.807, 2.05) is 0 Å². The molecule has 0 fully saturated rings. The van der Waals surface area contributed by atoms with E-state index in [1.54, 1.807) is 69.3 Å². The maximum absolute atomic E-state index is 13.1. The molecule has 1 aromatic heterocycles. The maximum Gasteiger partial charge on any atom is 0.324 e. The number of carbonyl (C=O) groups excluding carboxylic acids is 3. The number of benzene rings is 3. The Labute approximate surface area is 244 Å². The van der Waals surface area contributed by atoms with Crippen LogP contribution >= 0.6 is 0 Å². The van der Waals surface area contributed by atoms with Crippen molar-refractivity contribution < 1.29 is 36.7 Å². The lowest BCUT2D eigenvalue weighted by atomic mass is 10.0. The average Bonchev–Trinajstić information content (AvgIpc) is 3.31. The van der Waals surface area contributed by atoms with Gasteiger partial charge in [-0.2, -0.15) is 4.72 Å². The molecule has 0 aliphatic rings. The summed E-state index contributed by atoms with van der Waals surface area (Å²) in [5, 5.41) is 3.38. The number of carbonyl (C=O) groups is 3. The van der Waals surface area contributed by atoms with E-state index in [2.05, 4.69) is 10.0 Å². The van der Waals surface area contributed by atoms with Crippen LogP contribution in [0.4, 0.5) is 5.69 Å². The van der Waals surface area contributed by atoms with Gasteiger partial charge in [0.1, 0.15) is 17.4 Å². The number of nitrogens with one attached hydrogen (secondary N) is 2. The number of ether oxygens (including phenoxy) is 2. The van der Waals surface area contributed by atoms with Gasteiger partial charge < -0.3 is 19.2 Å². The third-order valence-corrected chi connectivity index (χ3v) is 8.34. The van der Waals surface area contributed by atoms with Crippen LogP contribution < -0.4 is 14.8 Å². The van der Waals surface area contributed by atoms with Crippen LogP contribution in [0.3, 0.4) is 0 Å². The van der Waals surface area contributed by atoms with E-state index in [-0.39, 0.29) is 22.4 Å². The first-order chi connectivity index (χ1) is 19.9. The molecule has 0 aliphatic carbocycles. The number of furan rings is 1. The van der Waals surface area contributed by atoms with Gasteiger partial charge in [-0.15, -0.1) is 0 Å². The lowest BCUT2D eigenvalue weighted by Gasteiger charge is -2.19. The Bertz CT molecular complexity index is 1760. The summed E-state index contributed by atoms with van der Waals surface area (Å²) in [6, 6.07) is 15.5. The first-order valence-electron chi connectivity index (χ1n) is 13.1. The van der Waals surface area contributed by atoms with Gasteiger partial charge in [-0.3, -0.25) is 14.4 Å². The highest BCUT2D eigenvalue weighted by atomic mass is 32.2. The third-order valence-electron chi connectivity index (χ3n) is 6.88. The van der Waals surface area contributed by atoms with Crippen LogP contribution in [-0.4, -0.2) is 46.3 Å². The second-order valence-corrected chi connectivity index (χ2v) is 11.8. The summed E-state index contributed by atoms with van der Waals surface area (Å²) >= 11 is 0. The van der Waals surface area contributed by atoms with E-state index in [9.17, 15) is 22.8 Å².